The van der Waals surface area contributed by atoms with Crippen LogP contribution in [-0.4, -0.2) is 19.6 Å². The minimum atomic E-state index is 0.580. The summed E-state index contributed by atoms with van der Waals surface area (Å²) in [6.45, 7) is 4.75. The number of anilines is 1. The van der Waals surface area contributed by atoms with Crippen molar-refractivity contribution in [1.82, 2.24) is 0 Å². The van der Waals surface area contributed by atoms with E-state index in [-0.39, 0.29) is 0 Å². The molecule has 0 saturated carbocycles. The van der Waals surface area contributed by atoms with Crippen LogP contribution in [0.15, 0.2) is 48.5 Å². The molecule has 2 N–H and O–H groups in total. The third-order valence-electron chi connectivity index (χ3n) is 3.82. The molecule has 138 valence electrons. The second-order valence-corrected chi connectivity index (χ2v) is 6.50. The molecule has 0 aliphatic rings. The number of benzene rings is 2. The van der Waals surface area contributed by atoms with Gasteiger partial charge in [-0.15, -0.1) is 12.8 Å². The second kappa shape index (κ2) is 12.4. The minimum Gasteiger partial charge on any atom is -0.370 e. The predicted octanol–water partition coefficient (Wildman–Crippen LogP) is 5.67. The highest BCUT2D eigenvalue weighted by atomic mass is 35.5. The maximum absolute atomic E-state index is 6.06. The van der Waals surface area contributed by atoms with E-state index in [1.165, 1.54) is 11.3 Å². The Morgan fingerprint density at radius 1 is 1.04 bits per heavy atom. The van der Waals surface area contributed by atoms with E-state index < -0.39 is 0 Å². The lowest BCUT2D eigenvalue weighted by Crippen LogP contribution is -2.30. The molecule has 0 aliphatic carbocycles. The molecule has 0 aromatic heterocycles. The first-order valence-corrected chi connectivity index (χ1v) is 9.39. The van der Waals surface area contributed by atoms with Crippen molar-refractivity contribution in [3.63, 3.8) is 0 Å². The second-order valence-electron chi connectivity index (χ2n) is 5.68. The molecular formula is C22H26Cl2N2. The van der Waals surface area contributed by atoms with Crippen molar-refractivity contribution in [3.8, 4) is 12.8 Å². The van der Waals surface area contributed by atoms with Crippen molar-refractivity contribution in [1.29, 1.82) is 0 Å². The van der Waals surface area contributed by atoms with E-state index in [2.05, 4.69) is 61.1 Å². The molecule has 2 aromatic carbocycles. The maximum Gasteiger partial charge on any atom is 0.0598 e. The summed E-state index contributed by atoms with van der Waals surface area (Å²) in [5, 5.41) is 1.16. The number of para-hydroxylation sites is 1. The van der Waals surface area contributed by atoms with Gasteiger partial charge in [0.05, 0.1) is 10.0 Å². The molecule has 26 heavy (non-hydrogen) atoms. The van der Waals surface area contributed by atoms with Gasteiger partial charge in [0.2, 0.25) is 0 Å². The molecule has 0 heterocycles. The van der Waals surface area contributed by atoms with Crippen LogP contribution in [0.3, 0.4) is 0 Å². The van der Waals surface area contributed by atoms with E-state index >= 15 is 0 Å². The fourth-order valence-electron chi connectivity index (χ4n) is 2.71. The number of halogens is 2. The molecule has 2 nitrogen and oxygen atoms in total. The van der Waals surface area contributed by atoms with Gasteiger partial charge in [0.15, 0.2) is 0 Å². The van der Waals surface area contributed by atoms with E-state index in [1.807, 2.05) is 18.2 Å². The molecule has 0 atom stereocenters. The molecule has 0 bridgehead atoms. The molecule has 0 radical (unpaired) electrons. The summed E-state index contributed by atoms with van der Waals surface area (Å²) >= 11 is 12.0. The Kier molecular flexibility index (Phi) is 10.6. The summed E-state index contributed by atoms with van der Waals surface area (Å²) in [7, 11) is 0. The van der Waals surface area contributed by atoms with Crippen LogP contribution in [-0.2, 0) is 6.42 Å². The predicted molar refractivity (Wildman–Crippen MR) is 117 cm³/mol. The zero-order chi connectivity index (χ0) is 19.4. The van der Waals surface area contributed by atoms with Crippen LogP contribution in [0.5, 0.6) is 0 Å². The fraction of sp³-hybridized carbons (Fsp3) is 0.273. The molecule has 4 heteroatoms. The Hall–Kier alpha value is -1.92. The highest BCUT2D eigenvalue weighted by Gasteiger charge is 2.08. The SMILES string of the molecule is C#C.CCCN(CCN)c1ccccc1C/C=C/c1ccc(Cl)c(Cl)c1. The number of allylic oxidation sites excluding steroid dienone is 1. The maximum atomic E-state index is 6.06. The number of hydrogen-bond donors (Lipinski definition) is 1. The van der Waals surface area contributed by atoms with E-state index in [0.717, 1.165) is 31.5 Å². The van der Waals surface area contributed by atoms with Crippen molar-refractivity contribution < 1.29 is 0 Å². The van der Waals surface area contributed by atoms with Gasteiger partial charge in [-0.1, -0.05) is 66.5 Å². The van der Waals surface area contributed by atoms with Gasteiger partial charge in [-0.3, -0.25) is 0 Å². The van der Waals surface area contributed by atoms with Gasteiger partial charge in [-0.2, -0.15) is 0 Å². The molecule has 0 aliphatic heterocycles. The molecule has 0 fully saturated rings. The van der Waals surface area contributed by atoms with Gasteiger partial charge >= 0.3 is 0 Å². The van der Waals surface area contributed by atoms with E-state index in [9.17, 15) is 0 Å². The number of rotatable bonds is 8. The van der Waals surface area contributed by atoms with Crippen molar-refractivity contribution in [3.05, 3.63) is 69.7 Å². The first-order valence-electron chi connectivity index (χ1n) is 8.63. The highest BCUT2D eigenvalue weighted by molar-refractivity contribution is 6.42. The number of hydrogen-bond acceptors (Lipinski definition) is 2. The Labute approximate surface area is 167 Å². The lowest BCUT2D eigenvalue weighted by atomic mass is 10.1. The Morgan fingerprint density at radius 3 is 2.42 bits per heavy atom. The average Bonchev–Trinajstić information content (AvgIpc) is 2.66. The third kappa shape index (κ3) is 6.77. The van der Waals surface area contributed by atoms with Crippen LogP contribution in [0.4, 0.5) is 5.69 Å². The number of nitrogens with two attached hydrogens (primary N) is 1. The van der Waals surface area contributed by atoms with Gasteiger partial charge in [-0.05, 0) is 42.2 Å². The molecule has 2 aromatic rings. The number of nitrogens with zero attached hydrogens (tertiary/aromatic N) is 1. The molecular weight excluding hydrogens is 363 g/mol. The normalized spacial score (nSPS) is 10.4. The van der Waals surface area contributed by atoms with Crippen LogP contribution >= 0.6 is 23.2 Å². The highest BCUT2D eigenvalue weighted by Crippen LogP contribution is 2.24. The minimum absolute atomic E-state index is 0.580. The van der Waals surface area contributed by atoms with Crippen LogP contribution < -0.4 is 10.6 Å². The quantitative estimate of drug-likeness (QED) is 0.589. The summed E-state index contributed by atoms with van der Waals surface area (Å²) < 4.78 is 0. The lowest BCUT2D eigenvalue weighted by molar-refractivity contribution is 0.759. The first kappa shape index (κ1) is 22.1. The zero-order valence-corrected chi connectivity index (χ0v) is 16.7. The zero-order valence-electron chi connectivity index (χ0n) is 15.2. The van der Waals surface area contributed by atoms with Crippen LogP contribution in [0.2, 0.25) is 10.0 Å². The number of terminal acetylenes is 1. The Morgan fingerprint density at radius 2 is 1.77 bits per heavy atom. The standard InChI is InChI=1S/C20H24Cl2N2.C2H2/c1-2-13-24(14-12-23)20-9-4-3-7-17(20)8-5-6-16-10-11-18(21)19(22)15-16;1-2/h3-7,9-11,15H,2,8,12-14,23H2,1H3;1-2H/b6-5+;. The van der Waals surface area contributed by atoms with E-state index in [0.29, 0.717) is 16.6 Å². The first-order chi connectivity index (χ1) is 12.7. The largest absolute Gasteiger partial charge is 0.370 e. The van der Waals surface area contributed by atoms with Crippen LogP contribution in [0.1, 0.15) is 24.5 Å². The van der Waals surface area contributed by atoms with Gasteiger partial charge < -0.3 is 10.6 Å². The molecule has 0 spiro atoms. The van der Waals surface area contributed by atoms with E-state index in [4.69, 9.17) is 28.9 Å². The summed E-state index contributed by atoms with van der Waals surface area (Å²) in [5.41, 5.74) is 9.39. The van der Waals surface area contributed by atoms with Gasteiger partial charge in [0.25, 0.3) is 0 Å². The van der Waals surface area contributed by atoms with Gasteiger partial charge in [0, 0.05) is 25.3 Å². The van der Waals surface area contributed by atoms with Crippen molar-refractivity contribution in [2.75, 3.05) is 24.5 Å². The third-order valence-corrected chi connectivity index (χ3v) is 4.56. The fourth-order valence-corrected chi connectivity index (χ4v) is 3.01. The lowest BCUT2D eigenvalue weighted by Gasteiger charge is -2.26. The van der Waals surface area contributed by atoms with E-state index in [1.54, 1.807) is 0 Å². The summed E-state index contributed by atoms with van der Waals surface area (Å²) in [5.74, 6) is 0. The Bertz CT molecular complexity index is 717. The van der Waals surface area contributed by atoms with Gasteiger partial charge in [0.1, 0.15) is 0 Å². The van der Waals surface area contributed by atoms with Crippen LogP contribution in [0, 0.1) is 12.8 Å². The Balaban J connectivity index is 0.00000163. The molecule has 0 amide bonds. The van der Waals surface area contributed by atoms with Gasteiger partial charge in [-0.25, -0.2) is 0 Å². The monoisotopic (exact) mass is 388 g/mol. The van der Waals surface area contributed by atoms with Crippen molar-refractivity contribution in [2.45, 2.75) is 19.8 Å². The topological polar surface area (TPSA) is 29.3 Å². The molecule has 2 rings (SSSR count). The van der Waals surface area contributed by atoms with Crippen molar-refractivity contribution >= 4 is 35.0 Å². The van der Waals surface area contributed by atoms with Crippen molar-refractivity contribution in [2.24, 2.45) is 5.73 Å². The summed E-state index contributed by atoms with van der Waals surface area (Å²) in [6, 6.07) is 14.2. The summed E-state index contributed by atoms with van der Waals surface area (Å²) in [4.78, 5) is 2.36. The smallest absolute Gasteiger partial charge is 0.0598 e. The van der Waals surface area contributed by atoms with Crippen LogP contribution in [0.25, 0.3) is 6.08 Å². The average molecular weight is 389 g/mol. The molecule has 0 unspecified atom stereocenters. The molecule has 0 saturated heterocycles. The summed E-state index contributed by atoms with van der Waals surface area (Å²) in [6.07, 6.45) is 14.2.